The highest BCUT2D eigenvalue weighted by Crippen LogP contribution is 2.35. The van der Waals surface area contributed by atoms with Crippen LogP contribution in [0.5, 0.6) is 0 Å². The van der Waals surface area contributed by atoms with Gasteiger partial charge in [-0.3, -0.25) is 0 Å². The van der Waals surface area contributed by atoms with Crippen LogP contribution in [-0.4, -0.2) is 11.3 Å². The van der Waals surface area contributed by atoms with E-state index in [0.29, 0.717) is 5.75 Å². The standard InChI is InChI=1S/C21H20F3NOS/c1-13-4-6-17(7-5-13)20-14(2)19(25-26-20)12-27-18-10-8-16(9-11-18)15(3)21(22,23)24/h4-11,15H,12H2,1-3H3/t15-/m0/s1. The monoisotopic (exact) mass is 391 g/mol. The minimum Gasteiger partial charge on any atom is -0.356 e. The molecule has 3 aromatic rings. The molecule has 0 fully saturated rings. The third kappa shape index (κ3) is 4.56. The summed E-state index contributed by atoms with van der Waals surface area (Å²) in [5.74, 6) is -0.124. The summed E-state index contributed by atoms with van der Waals surface area (Å²) >= 11 is 1.52. The van der Waals surface area contributed by atoms with Crippen LogP contribution in [0.3, 0.4) is 0 Å². The van der Waals surface area contributed by atoms with Crippen LogP contribution in [0.4, 0.5) is 13.2 Å². The first kappa shape index (κ1) is 19.5. The van der Waals surface area contributed by atoms with Gasteiger partial charge in [-0.25, -0.2) is 0 Å². The molecular formula is C21H20F3NOS. The first-order valence-corrected chi connectivity index (χ1v) is 9.56. The van der Waals surface area contributed by atoms with Gasteiger partial charge in [0.1, 0.15) is 0 Å². The number of aromatic nitrogens is 1. The predicted octanol–water partition coefficient (Wildman–Crippen LogP) is 6.92. The van der Waals surface area contributed by atoms with Crippen molar-refractivity contribution in [2.24, 2.45) is 0 Å². The second-order valence-electron chi connectivity index (χ2n) is 6.57. The first-order valence-electron chi connectivity index (χ1n) is 8.57. The topological polar surface area (TPSA) is 26.0 Å². The molecule has 6 heteroatoms. The van der Waals surface area contributed by atoms with Crippen molar-refractivity contribution in [2.45, 2.75) is 43.5 Å². The maximum atomic E-state index is 12.8. The molecule has 0 aliphatic heterocycles. The van der Waals surface area contributed by atoms with Crippen molar-refractivity contribution in [3.05, 3.63) is 70.9 Å². The van der Waals surface area contributed by atoms with Crippen LogP contribution >= 0.6 is 11.8 Å². The van der Waals surface area contributed by atoms with Crippen molar-refractivity contribution < 1.29 is 17.7 Å². The van der Waals surface area contributed by atoms with E-state index >= 15 is 0 Å². The highest BCUT2D eigenvalue weighted by atomic mass is 32.2. The molecule has 142 valence electrons. The molecule has 1 atom stereocenters. The zero-order valence-electron chi connectivity index (χ0n) is 15.3. The number of hydrogen-bond acceptors (Lipinski definition) is 3. The van der Waals surface area contributed by atoms with Crippen LogP contribution in [0.2, 0.25) is 0 Å². The number of alkyl halides is 3. The van der Waals surface area contributed by atoms with Crippen LogP contribution in [-0.2, 0) is 5.75 Å². The summed E-state index contributed by atoms with van der Waals surface area (Å²) in [6.07, 6.45) is -4.22. The van der Waals surface area contributed by atoms with E-state index < -0.39 is 12.1 Å². The van der Waals surface area contributed by atoms with E-state index in [0.717, 1.165) is 27.5 Å². The lowest BCUT2D eigenvalue weighted by molar-refractivity contribution is -0.146. The Balaban J connectivity index is 1.68. The van der Waals surface area contributed by atoms with Gasteiger partial charge in [-0.1, -0.05) is 47.1 Å². The van der Waals surface area contributed by atoms with Gasteiger partial charge in [-0.15, -0.1) is 11.8 Å². The quantitative estimate of drug-likeness (QED) is 0.442. The Bertz CT molecular complexity index is 899. The van der Waals surface area contributed by atoms with Gasteiger partial charge in [0.05, 0.1) is 11.6 Å². The second-order valence-corrected chi connectivity index (χ2v) is 7.62. The van der Waals surface area contributed by atoms with Crippen molar-refractivity contribution >= 4 is 11.8 Å². The smallest absolute Gasteiger partial charge is 0.356 e. The molecule has 0 aliphatic rings. The van der Waals surface area contributed by atoms with Crippen molar-refractivity contribution in [1.29, 1.82) is 0 Å². The average molecular weight is 391 g/mol. The van der Waals surface area contributed by atoms with E-state index in [1.807, 2.05) is 38.1 Å². The molecule has 0 bridgehead atoms. The first-order chi connectivity index (χ1) is 12.8. The summed E-state index contributed by atoms with van der Waals surface area (Å²) in [6, 6.07) is 14.6. The molecule has 0 saturated carbocycles. The van der Waals surface area contributed by atoms with Crippen LogP contribution in [0.1, 0.15) is 35.2 Å². The van der Waals surface area contributed by atoms with E-state index in [4.69, 9.17) is 4.52 Å². The van der Waals surface area contributed by atoms with Crippen molar-refractivity contribution in [1.82, 2.24) is 5.16 Å². The zero-order valence-corrected chi connectivity index (χ0v) is 16.1. The lowest BCUT2D eigenvalue weighted by Crippen LogP contribution is -2.17. The molecule has 0 N–H and O–H groups in total. The molecule has 3 rings (SSSR count). The van der Waals surface area contributed by atoms with Crippen LogP contribution in [0.25, 0.3) is 11.3 Å². The minimum atomic E-state index is -4.22. The second kappa shape index (κ2) is 7.80. The number of nitrogens with zero attached hydrogens (tertiary/aromatic N) is 1. The maximum Gasteiger partial charge on any atom is 0.395 e. The fourth-order valence-electron chi connectivity index (χ4n) is 2.67. The average Bonchev–Trinajstić information content (AvgIpc) is 3.00. The minimum absolute atomic E-state index is 0.270. The molecule has 0 amide bonds. The molecule has 1 aromatic heterocycles. The fraction of sp³-hybridized carbons (Fsp3) is 0.286. The molecule has 0 aliphatic carbocycles. The molecule has 1 heterocycles. The fourth-order valence-corrected chi connectivity index (χ4v) is 3.57. The van der Waals surface area contributed by atoms with Crippen LogP contribution in [0, 0.1) is 13.8 Å². The molecule has 0 unspecified atom stereocenters. The predicted molar refractivity (Wildman–Crippen MR) is 102 cm³/mol. The summed E-state index contributed by atoms with van der Waals surface area (Å²) in [4.78, 5) is 0.896. The summed E-state index contributed by atoms with van der Waals surface area (Å²) in [5, 5.41) is 4.16. The summed E-state index contributed by atoms with van der Waals surface area (Å²) in [6.45, 7) is 5.17. The van der Waals surface area contributed by atoms with Crippen molar-refractivity contribution in [3.63, 3.8) is 0 Å². The van der Waals surface area contributed by atoms with Gasteiger partial charge in [0, 0.05) is 21.8 Å². The van der Waals surface area contributed by atoms with Gasteiger partial charge in [0.2, 0.25) is 0 Å². The van der Waals surface area contributed by atoms with Crippen LogP contribution in [0.15, 0.2) is 57.9 Å². The van der Waals surface area contributed by atoms with Gasteiger partial charge < -0.3 is 4.52 Å². The van der Waals surface area contributed by atoms with E-state index in [2.05, 4.69) is 5.16 Å². The van der Waals surface area contributed by atoms with Crippen molar-refractivity contribution in [2.75, 3.05) is 0 Å². The zero-order chi connectivity index (χ0) is 19.6. The molecule has 2 nitrogen and oxygen atoms in total. The molecule has 0 spiro atoms. The Morgan fingerprint density at radius 2 is 1.63 bits per heavy atom. The van der Waals surface area contributed by atoms with Crippen molar-refractivity contribution in [3.8, 4) is 11.3 Å². The van der Waals surface area contributed by atoms with E-state index in [1.54, 1.807) is 12.1 Å². The lowest BCUT2D eigenvalue weighted by Gasteiger charge is -2.16. The third-order valence-electron chi connectivity index (χ3n) is 4.58. The Morgan fingerprint density at radius 1 is 1.00 bits per heavy atom. The highest BCUT2D eigenvalue weighted by Gasteiger charge is 2.36. The molecule has 0 saturated heterocycles. The Morgan fingerprint density at radius 3 is 2.22 bits per heavy atom. The summed E-state index contributed by atoms with van der Waals surface area (Å²) < 4.78 is 43.9. The Labute approximate surface area is 160 Å². The molecule has 0 radical (unpaired) electrons. The number of benzene rings is 2. The number of thioether (sulfide) groups is 1. The van der Waals surface area contributed by atoms with E-state index in [-0.39, 0.29) is 5.56 Å². The maximum absolute atomic E-state index is 12.8. The lowest BCUT2D eigenvalue weighted by atomic mass is 10.0. The molecular weight excluding hydrogens is 371 g/mol. The normalized spacial score (nSPS) is 13.0. The van der Waals surface area contributed by atoms with E-state index in [1.165, 1.54) is 36.4 Å². The largest absolute Gasteiger partial charge is 0.395 e. The number of aryl methyl sites for hydroxylation is 1. The van der Waals surface area contributed by atoms with Gasteiger partial charge in [-0.2, -0.15) is 13.2 Å². The Kier molecular flexibility index (Phi) is 5.65. The van der Waals surface area contributed by atoms with Gasteiger partial charge in [0.15, 0.2) is 5.76 Å². The van der Waals surface area contributed by atoms with E-state index in [9.17, 15) is 13.2 Å². The van der Waals surface area contributed by atoms with Crippen LogP contribution < -0.4 is 0 Å². The van der Waals surface area contributed by atoms with Gasteiger partial charge >= 0.3 is 6.18 Å². The molecule has 27 heavy (non-hydrogen) atoms. The summed E-state index contributed by atoms with van der Waals surface area (Å²) in [7, 11) is 0. The SMILES string of the molecule is Cc1ccc(-c2onc(CSc3ccc([C@H](C)C(F)(F)F)cc3)c2C)cc1. The number of halogens is 3. The number of hydrogen-bond donors (Lipinski definition) is 0. The van der Waals surface area contributed by atoms with Gasteiger partial charge in [0.25, 0.3) is 0 Å². The summed E-state index contributed by atoms with van der Waals surface area (Å²) in [5.41, 5.74) is 4.24. The van der Waals surface area contributed by atoms with Gasteiger partial charge in [-0.05, 0) is 38.5 Å². The highest BCUT2D eigenvalue weighted by molar-refractivity contribution is 7.98. The Hall–Kier alpha value is -2.21. The third-order valence-corrected chi connectivity index (χ3v) is 5.60. The number of rotatable bonds is 5. The molecule has 2 aromatic carbocycles.